The van der Waals surface area contributed by atoms with Crippen LogP contribution in [0.2, 0.25) is 0 Å². The summed E-state index contributed by atoms with van der Waals surface area (Å²) in [5, 5.41) is 14.7. The molecule has 200 valence electrons. The molecule has 7 nitrogen and oxygen atoms in total. The topological polar surface area (TPSA) is 98.6 Å². The van der Waals surface area contributed by atoms with Crippen LogP contribution in [-0.4, -0.2) is 43.9 Å². The molecular formula is C29H33F2N5O2. The molecule has 5 rings (SSSR count). The lowest BCUT2D eigenvalue weighted by Crippen LogP contribution is -2.45. The summed E-state index contributed by atoms with van der Waals surface area (Å²) in [6, 6.07) is 7.57. The maximum atomic E-state index is 15.0. The Kier molecular flexibility index (Phi) is 7.02. The monoisotopic (exact) mass is 521 g/mol. The fourth-order valence-corrected chi connectivity index (χ4v) is 5.74. The maximum Gasteiger partial charge on any atom is 0.136 e. The third kappa shape index (κ3) is 4.93. The van der Waals surface area contributed by atoms with E-state index in [0.29, 0.717) is 23.7 Å². The van der Waals surface area contributed by atoms with E-state index in [1.54, 1.807) is 36.2 Å². The number of rotatable bonds is 6. The second-order valence-electron chi connectivity index (χ2n) is 10.9. The van der Waals surface area contributed by atoms with Crippen LogP contribution in [0.4, 0.5) is 8.78 Å². The lowest BCUT2D eigenvalue weighted by molar-refractivity contribution is 0.00970. The van der Waals surface area contributed by atoms with E-state index >= 15 is 8.78 Å². The average Bonchev–Trinajstić information content (AvgIpc) is 3.25. The molecule has 3 heterocycles. The summed E-state index contributed by atoms with van der Waals surface area (Å²) in [5.74, 6) is -0.368. The molecule has 1 saturated carbocycles. The number of hydrogen-bond donors (Lipinski definition) is 2. The van der Waals surface area contributed by atoms with E-state index in [2.05, 4.69) is 22.0 Å². The van der Waals surface area contributed by atoms with Crippen molar-refractivity contribution < 1.29 is 18.6 Å². The van der Waals surface area contributed by atoms with Gasteiger partial charge >= 0.3 is 0 Å². The van der Waals surface area contributed by atoms with E-state index in [4.69, 9.17) is 10.5 Å². The first-order valence-corrected chi connectivity index (χ1v) is 12.8. The van der Waals surface area contributed by atoms with Crippen LogP contribution in [-0.2, 0) is 16.8 Å². The molecule has 9 heteroatoms. The fraction of sp³-hybridized carbons (Fsp3) is 0.414. The Morgan fingerprint density at radius 2 is 1.87 bits per heavy atom. The minimum absolute atomic E-state index is 0.0358. The molecule has 0 bridgehead atoms. The quantitative estimate of drug-likeness (QED) is 0.380. The summed E-state index contributed by atoms with van der Waals surface area (Å²) >= 11 is 0. The zero-order valence-electron chi connectivity index (χ0n) is 22.0. The van der Waals surface area contributed by atoms with Gasteiger partial charge in [-0.2, -0.15) is 5.10 Å². The van der Waals surface area contributed by atoms with Crippen molar-refractivity contribution in [3.8, 4) is 11.3 Å². The minimum Gasteiger partial charge on any atom is -0.386 e. The van der Waals surface area contributed by atoms with E-state index in [1.165, 1.54) is 19.4 Å². The molecule has 0 spiro atoms. The summed E-state index contributed by atoms with van der Waals surface area (Å²) in [6.45, 7) is 5.13. The number of nitrogens with zero attached hydrogens (tertiary/aromatic N) is 4. The highest BCUT2D eigenvalue weighted by Crippen LogP contribution is 2.38. The number of ether oxygens (including phenoxy) is 1. The maximum absolute atomic E-state index is 15.0. The molecule has 1 fully saturated rings. The van der Waals surface area contributed by atoms with Crippen LogP contribution >= 0.6 is 0 Å². The van der Waals surface area contributed by atoms with Gasteiger partial charge in [-0.05, 0) is 85.5 Å². The number of fused-ring (bicyclic) bond motifs is 1. The summed E-state index contributed by atoms with van der Waals surface area (Å²) in [4.78, 5) is 8.92. The van der Waals surface area contributed by atoms with Gasteiger partial charge in [0, 0.05) is 32.0 Å². The fourth-order valence-electron chi connectivity index (χ4n) is 5.74. The first kappa shape index (κ1) is 26.3. The van der Waals surface area contributed by atoms with E-state index in [0.717, 1.165) is 30.5 Å². The molecule has 38 heavy (non-hydrogen) atoms. The average molecular weight is 522 g/mol. The first-order chi connectivity index (χ1) is 18.1. The Balaban J connectivity index is 1.49. The zero-order chi connectivity index (χ0) is 27.2. The van der Waals surface area contributed by atoms with E-state index < -0.39 is 17.2 Å². The molecule has 4 aromatic rings. The van der Waals surface area contributed by atoms with Gasteiger partial charge < -0.3 is 15.6 Å². The number of pyridine rings is 1. The lowest BCUT2D eigenvalue weighted by Gasteiger charge is -2.38. The number of aliphatic hydroxyl groups is 1. The van der Waals surface area contributed by atoms with Crippen LogP contribution in [0.15, 0.2) is 48.9 Å². The van der Waals surface area contributed by atoms with Gasteiger partial charge in [0.1, 0.15) is 17.5 Å². The van der Waals surface area contributed by atoms with Crippen LogP contribution < -0.4 is 5.73 Å². The molecule has 3 aromatic heterocycles. The van der Waals surface area contributed by atoms with Crippen molar-refractivity contribution in [2.45, 2.75) is 63.7 Å². The highest BCUT2D eigenvalue weighted by atomic mass is 19.1. The van der Waals surface area contributed by atoms with Gasteiger partial charge in [0.05, 0.1) is 34.7 Å². The SMILES string of the molecule is CO[C@H]1[C@H](N)C[C@H](c2ccncc2Cc2ncc3ccc(-c4c(F)cc(C(C)(C)O)cc4F)nn23)C[C@@H]1C. The van der Waals surface area contributed by atoms with E-state index in [9.17, 15) is 5.11 Å². The molecule has 1 aromatic carbocycles. The van der Waals surface area contributed by atoms with Gasteiger partial charge in [-0.3, -0.25) is 4.98 Å². The Morgan fingerprint density at radius 1 is 1.13 bits per heavy atom. The Bertz CT molecular complexity index is 1430. The lowest BCUT2D eigenvalue weighted by atomic mass is 9.74. The molecule has 0 amide bonds. The van der Waals surface area contributed by atoms with Gasteiger partial charge in [-0.1, -0.05) is 6.92 Å². The number of nitrogens with two attached hydrogens (primary N) is 1. The van der Waals surface area contributed by atoms with Crippen LogP contribution in [0.5, 0.6) is 0 Å². The highest BCUT2D eigenvalue weighted by Gasteiger charge is 2.35. The third-order valence-corrected chi connectivity index (χ3v) is 7.66. The van der Waals surface area contributed by atoms with Crippen molar-refractivity contribution in [3.63, 3.8) is 0 Å². The van der Waals surface area contributed by atoms with Gasteiger partial charge in [-0.25, -0.2) is 18.3 Å². The van der Waals surface area contributed by atoms with Crippen LogP contribution in [0.25, 0.3) is 16.8 Å². The summed E-state index contributed by atoms with van der Waals surface area (Å²) in [7, 11) is 1.71. The van der Waals surface area contributed by atoms with Crippen molar-refractivity contribution in [2.24, 2.45) is 11.7 Å². The summed E-state index contributed by atoms with van der Waals surface area (Å²) in [6.07, 6.45) is 7.57. The molecule has 0 aliphatic heterocycles. The second-order valence-corrected chi connectivity index (χ2v) is 10.9. The van der Waals surface area contributed by atoms with E-state index in [1.807, 2.05) is 12.3 Å². The molecule has 0 saturated heterocycles. The predicted molar refractivity (Wildman–Crippen MR) is 141 cm³/mol. The normalized spacial score (nSPS) is 22.2. The van der Waals surface area contributed by atoms with E-state index in [-0.39, 0.29) is 34.9 Å². The predicted octanol–water partition coefficient (Wildman–Crippen LogP) is 4.74. The van der Waals surface area contributed by atoms with Gasteiger partial charge in [0.2, 0.25) is 0 Å². The number of methoxy groups -OCH3 is 1. The number of aromatic nitrogens is 4. The number of imidazole rings is 1. The van der Waals surface area contributed by atoms with Crippen molar-refractivity contribution in [1.82, 2.24) is 19.6 Å². The van der Waals surface area contributed by atoms with Crippen LogP contribution in [0.1, 0.15) is 62.0 Å². The summed E-state index contributed by atoms with van der Waals surface area (Å²) in [5.41, 5.74) is 8.01. The van der Waals surface area contributed by atoms with Crippen molar-refractivity contribution >= 4 is 5.52 Å². The Labute approximate surface area is 220 Å². The molecule has 0 unspecified atom stereocenters. The number of hydrogen-bond acceptors (Lipinski definition) is 6. The standard InChI is InChI=1S/C29H33F2N5O2/c1-16-9-17(10-24(32)28(16)38-4)21-7-8-33-14-18(21)11-26-34-15-20-5-6-25(35-36(20)26)27-22(30)12-19(13-23(27)31)29(2,3)37/h5-8,12-17,24,28,37H,9-11,32H2,1-4H3/t16-,17+,24+,28+/m0/s1. The number of halogens is 2. The van der Waals surface area contributed by atoms with Crippen LogP contribution in [0.3, 0.4) is 0 Å². The third-order valence-electron chi connectivity index (χ3n) is 7.66. The second kappa shape index (κ2) is 10.1. The Hall–Kier alpha value is -3.27. The zero-order valence-corrected chi connectivity index (χ0v) is 22.0. The van der Waals surface area contributed by atoms with Crippen molar-refractivity contribution in [2.75, 3.05) is 7.11 Å². The minimum atomic E-state index is -1.37. The van der Waals surface area contributed by atoms with Gasteiger partial charge in [0.15, 0.2) is 0 Å². The molecule has 1 aliphatic rings. The summed E-state index contributed by atoms with van der Waals surface area (Å²) < 4.78 is 37.3. The molecule has 3 N–H and O–H groups in total. The molecule has 0 radical (unpaired) electrons. The van der Waals surface area contributed by atoms with Crippen molar-refractivity contribution in [3.05, 3.63) is 83.1 Å². The van der Waals surface area contributed by atoms with Gasteiger partial charge in [-0.15, -0.1) is 0 Å². The Morgan fingerprint density at radius 3 is 2.53 bits per heavy atom. The first-order valence-electron chi connectivity index (χ1n) is 12.8. The highest BCUT2D eigenvalue weighted by molar-refractivity contribution is 5.63. The molecular weight excluding hydrogens is 488 g/mol. The molecule has 1 aliphatic carbocycles. The molecule has 4 atom stereocenters. The number of benzene rings is 1. The van der Waals surface area contributed by atoms with Gasteiger partial charge in [0.25, 0.3) is 0 Å². The van der Waals surface area contributed by atoms with Crippen molar-refractivity contribution in [1.29, 1.82) is 0 Å². The smallest absolute Gasteiger partial charge is 0.136 e. The largest absolute Gasteiger partial charge is 0.386 e. The van der Waals surface area contributed by atoms with Crippen LogP contribution in [0, 0.1) is 17.6 Å².